The van der Waals surface area contributed by atoms with Crippen molar-refractivity contribution in [1.82, 2.24) is 5.32 Å². The molecule has 0 aromatic heterocycles. The van der Waals surface area contributed by atoms with Crippen LogP contribution < -0.4 is 5.32 Å². The second-order valence-corrected chi connectivity index (χ2v) is 1.66. The standard InChI is InChI=1S/C5H12N/c1-5(2)4-6-3/h5-6H,1,4H2,2-3H3/q+1. The van der Waals surface area contributed by atoms with Gasteiger partial charge in [-0.1, -0.05) is 0 Å². The fraction of sp³-hybridized carbons (Fsp3) is 0.800. The Morgan fingerprint density at radius 3 is 2.33 bits per heavy atom. The second-order valence-electron chi connectivity index (χ2n) is 1.66. The maximum Gasteiger partial charge on any atom is 0.105 e. The molecule has 1 heteroatoms. The molecule has 0 rings (SSSR count). The SMILES string of the molecule is [CH2+]C(C)CNC. The molecule has 1 unspecified atom stereocenters. The Balaban J connectivity index is 2.63. The first-order chi connectivity index (χ1) is 2.77. The van der Waals surface area contributed by atoms with E-state index >= 15 is 0 Å². The molecule has 0 radical (unpaired) electrons. The molecule has 0 saturated heterocycles. The van der Waals surface area contributed by atoms with Gasteiger partial charge < -0.3 is 5.32 Å². The molecular weight excluding hydrogens is 74.1 g/mol. The monoisotopic (exact) mass is 86.1 g/mol. The maximum absolute atomic E-state index is 3.77. The van der Waals surface area contributed by atoms with Crippen molar-refractivity contribution in [2.45, 2.75) is 6.92 Å². The highest BCUT2D eigenvalue weighted by Gasteiger charge is 1.93. The highest BCUT2D eigenvalue weighted by atomic mass is 14.8. The van der Waals surface area contributed by atoms with Crippen LogP contribution in [0.4, 0.5) is 0 Å². The third-order valence-electron chi connectivity index (χ3n) is 0.553. The van der Waals surface area contributed by atoms with Crippen molar-refractivity contribution in [1.29, 1.82) is 0 Å². The van der Waals surface area contributed by atoms with E-state index in [0.717, 1.165) is 6.54 Å². The predicted molar refractivity (Wildman–Crippen MR) is 28.4 cm³/mol. The average molecular weight is 86.2 g/mol. The average Bonchev–Trinajstić information content (AvgIpc) is 1.35. The first kappa shape index (κ1) is 5.83. The topological polar surface area (TPSA) is 12.0 Å². The van der Waals surface area contributed by atoms with Crippen molar-refractivity contribution in [3.05, 3.63) is 6.92 Å². The normalized spacial score (nSPS) is 14.3. The smallest absolute Gasteiger partial charge is 0.105 e. The molecule has 36 valence electrons. The number of hydrogen-bond donors (Lipinski definition) is 1. The molecule has 0 bridgehead atoms. The molecule has 0 aromatic carbocycles. The van der Waals surface area contributed by atoms with E-state index in [4.69, 9.17) is 0 Å². The molecule has 0 aliphatic heterocycles. The summed E-state index contributed by atoms with van der Waals surface area (Å²) in [4.78, 5) is 0. The molecule has 0 spiro atoms. The third-order valence-corrected chi connectivity index (χ3v) is 0.553. The lowest BCUT2D eigenvalue weighted by atomic mass is 10.2. The Labute approximate surface area is 39.7 Å². The van der Waals surface area contributed by atoms with Crippen LogP contribution in [0.1, 0.15) is 6.92 Å². The summed E-state index contributed by atoms with van der Waals surface area (Å²) < 4.78 is 0. The van der Waals surface area contributed by atoms with Crippen LogP contribution >= 0.6 is 0 Å². The zero-order chi connectivity index (χ0) is 4.99. The van der Waals surface area contributed by atoms with Crippen molar-refractivity contribution in [2.75, 3.05) is 13.6 Å². The van der Waals surface area contributed by atoms with Gasteiger partial charge in [0.05, 0.1) is 6.92 Å². The minimum Gasteiger partial charge on any atom is -0.315 e. The van der Waals surface area contributed by atoms with Gasteiger partial charge in [0.2, 0.25) is 0 Å². The molecule has 0 saturated carbocycles. The molecule has 0 aliphatic carbocycles. The largest absolute Gasteiger partial charge is 0.315 e. The van der Waals surface area contributed by atoms with Gasteiger partial charge >= 0.3 is 0 Å². The summed E-state index contributed by atoms with van der Waals surface area (Å²) in [5.41, 5.74) is 0. The van der Waals surface area contributed by atoms with Gasteiger partial charge in [-0.2, -0.15) is 0 Å². The van der Waals surface area contributed by atoms with E-state index in [2.05, 4.69) is 19.2 Å². The Morgan fingerprint density at radius 1 is 1.83 bits per heavy atom. The first-order valence-electron chi connectivity index (χ1n) is 2.25. The zero-order valence-electron chi connectivity index (χ0n) is 4.49. The van der Waals surface area contributed by atoms with E-state index in [1.165, 1.54) is 0 Å². The van der Waals surface area contributed by atoms with Gasteiger partial charge in [-0.15, -0.1) is 0 Å². The van der Waals surface area contributed by atoms with Crippen LogP contribution in [0.25, 0.3) is 0 Å². The van der Waals surface area contributed by atoms with Gasteiger partial charge in [0.25, 0.3) is 0 Å². The van der Waals surface area contributed by atoms with Gasteiger partial charge in [-0.3, -0.25) is 0 Å². The highest BCUT2D eigenvalue weighted by Crippen LogP contribution is 1.82. The molecular formula is C5H12N+. The highest BCUT2D eigenvalue weighted by molar-refractivity contribution is 4.53. The first-order valence-corrected chi connectivity index (χ1v) is 2.25. The number of rotatable bonds is 2. The van der Waals surface area contributed by atoms with E-state index in [1.807, 2.05) is 7.05 Å². The van der Waals surface area contributed by atoms with Crippen LogP contribution in [-0.4, -0.2) is 13.6 Å². The van der Waals surface area contributed by atoms with E-state index in [1.54, 1.807) is 0 Å². The van der Waals surface area contributed by atoms with Crippen molar-refractivity contribution in [3.8, 4) is 0 Å². The van der Waals surface area contributed by atoms with Crippen molar-refractivity contribution in [3.63, 3.8) is 0 Å². The van der Waals surface area contributed by atoms with Gasteiger partial charge in [0.1, 0.15) is 5.92 Å². The van der Waals surface area contributed by atoms with Gasteiger partial charge in [0, 0.05) is 6.54 Å². The molecule has 6 heavy (non-hydrogen) atoms. The van der Waals surface area contributed by atoms with E-state index in [-0.39, 0.29) is 0 Å². The van der Waals surface area contributed by atoms with Crippen LogP contribution in [-0.2, 0) is 0 Å². The Bertz CT molecular complexity index is 25.1. The van der Waals surface area contributed by atoms with Crippen LogP contribution in [0.3, 0.4) is 0 Å². The van der Waals surface area contributed by atoms with Gasteiger partial charge in [0.15, 0.2) is 0 Å². The summed E-state index contributed by atoms with van der Waals surface area (Å²) in [6.45, 7) is 6.86. The molecule has 0 aliphatic rings. The number of nitrogens with one attached hydrogen (secondary N) is 1. The predicted octanol–water partition coefficient (Wildman–Crippen LogP) is 0.676. The summed E-state index contributed by atoms with van der Waals surface area (Å²) in [5.74, 6) is 0.537. The molecule has 1 N–H and O–H groups in total. The summed E-state index contributed by atoms with van der Waals surface area (Å²) >= 11 is 0. The Morgan fingerprint density at radius 2 is 2.33 bits per heavy atom. The lowest BCUT2D eigenvalue weighted by Gasteiger charge is -1.91. The van der Waals surface area contributed by atoms with Crippen LogP contribution in [0.5, 0.6) is 0 Å². The Hall–Kier alpha value is -0.170. The quantitative estimate of drug-likeness (QED) is 0.487. The van der Waals surface area contributed by atoms with Crippen LogP contribution in [0.2, 0.25) is 0 Å². The molecule has 0 amide bonds. The summed E-state index contributed by atoms with van der Waals surface area (Å²) in [5, 5.41) is 3.00. The van der Waals surface area contributed by atoms with E-state index < -0.39 is 0 Å². The van der Waals surface area contributed by atoms with Gasteiger partial charge in [-0.25, -0.2) is 0 Å². The molecule has 0 heterocycles. The molecule has 1 atom stereocenters. The van der Waals surface area contributed by atoms with Crippen molar-refractivity contribution in [2.24, 2.45) is 5.92 Å². The van der Waals surface area contributed by atoms with E-state index in [9.17, 15) is 0 Å². The lowest BCUT2D eigenvalue weighted by Crippen LogP contribution is -2.13. The second kappa shape index (κ2) is 3.04. The molecule has 1 nitrogen and oxygen atoms in total. The fourth-order valence-corrected chi connectivity index (χ4v) is 0.348. The fourth-order valence-electron chi connectivity index (χ4n) is 0.348. The van der Waals surface area contributed by atoms with Crippen molar-refractivity contribution >= 4 is 0 Å². The maximum atomic E-state index is 3.77. The van der Waals surface area contributed by atoms with Crippen LogP contribution in [0, 0.1) is 12.8 Å². The molecule has 0 fully saturated rings. The van der Waals surface area contributed by atoms with E-state index in [0.29, 0.717) is 5.92 Å². The van der Waals surface area contributed by atoms with Crippen molar-refractivity contribution < 1.29 is 0 Å². The lowest BCUT2D eigenvalue weighted by molar-refractivity contribution is 0.647. The minimum atomic E-state index is 0.537. The summed E-state index contributed by atoms with van der Waals surface area (Å²) in [6.07, 6.45) is 0. The number of hydrogen-bond acceptors (Lipinski definition) is 1. The molecule has 0 aromatic rings. The minimum absolute atomic E-state index is 0.537. The Kier molecular flexibility index (Phi) is 2.95. The third kappa shape index (κ3) is 3.83. The summed E-state index contributed by atoms with van der Waals surface area (Å²) in [7, 11) is 1.93. The van der Waals surface area contributed by atoms with Gasteiger partial charge in [-0.05, 0) is 14.0 Å². The van der Waals surface area contributed by atoms with Crippen LogP contribution in [0.15, 0.2) is 0 Å². The zero-order valence-corrected chi connectivity index (χ0v) is 4.49. The summed E-state index contributed by atoms with van der Waals surface area (Å²) in [6, 6.07) is 0.